The zero-order valence-electron chi connectivity index (χ0n) is 14.1. The van der Waals surface area contributed by atoms with Gasteiger partial charge in [0.25, 0.3) is 11.8 Å². The van der Waals surface area contributed by atoms with Crippen LogP contribution in [0.4, 0.5) is 0 Å². The molecule has 4 heterocycles. The summed E-state index contributed by atoms with van der Waals surface area (Å²) in [4.78, 5) is 16.4. The summed E-state index contributed by atoms with van der Waals surface area (Å²) in [6.45, 7) is 2.92. The fraction of sp³-hybridized carbons (Fsp3) is 0.438. The number of rotatable bonds is 6. The van der Waals surface area contributed by atoms with Gasteiger partial charge >= 0.3 is 0 Å². The average molecular weight is 357 g/mol. The van der Waals surface area contributed by atoms with Gasteiger partial charge in [0.2, 0.25) is 0 Å². The average Bonchev–Trinajstić information content (AvgIpc) is 3.41. The summed E-state index contributed by atoms with van der Waals surface area (Å²) in [6.07, 6.45) is 5.50. The van der Waals surface area contributed by atoms with Crippen molar-refractivity contribution in [1.29, 1.82) is 0 Å². The Morgan fingerprint density at radius 3 is 3.23 bits per heavy atom. The second-order valence-corrected chi connectivity index (χ2v) is 6.21. The SMILES string of the molecule is O=C(NCc1noc(-c2ccco2)n1)c1cn(CC2CCCNC2)nn1. The molecule has 1 amide bonds. The van der Waals surface area contributed by atoms with Gasteiger partial charge in [0.1, 0.15) is 0 Å². The van der Waals surface area contributed by atoms with Crippen molar-refractivity contribution in [2.45, 2.75) is 25.9 Å². The van der Waals surface area contributed by atoms with Gasteiger partial charge in [-0.05, 0) is 44.0 Å². The fourth-order valence-electron chi connectivity index (χ4n) is 2.91. The van der Waals surface area contributed by atoms with Crippen LogP contribution in [0.25, 0.3) is 11.7 Å². The molecule has 26 heavy (non-hydrogen) atoms. The van der Waals surface area contributed by atoms with Gasteiger partial charge in [-0.3, -0.25) is 9.48 Å². The number of furan rings is 1. The highest BCUT2D eigenvalue weighted by molar-refractivity contribution is 5.91. The molecule has 1 aliphatic rings. The molecule has 1 saturated heterocycles. The molecule has 0 aromatic carbocycles. The Balaban J connectivity index is 1.31. The molecule has 0 aliphatic carbocycles. The van der Waals surface area contributed by atoms with E-state index < -0.39 is 0 Å². The third-order valence-corrected chi connectivity index (χ3v) is 4.22. The second kappa shape index (κ2) is 7.48. The number of nitrogens with one attached hydrogen (secondary N) is 2. The minimum atomic E-state index is -0.331. The summed E-state index contributed by atoms with van der Waals surface area (Å²) in [6, 6.07) is 3.45. The Bertz CT molecular complexity index is 849. The van der Waals surface area contributed by atoms with Gasteiger partial charge in [-0.1, -0.05) is 10.4 Å². The molecular formula is C16H19N7O3. The van der Waals surface area contributed by atoms with Crippen LogP contribution in [0.5, 0.6) is 0 Å². The molecule has 10 nitrogen and oxygen atoms in total. The van der Waals surface area contributed by atoms with Crippen molar-refractivity contribution in [2.24, 2.45) is 5.92 Å². The van der Waals surface area contributed by atoms with Crippen LogP contribution in [-0.4, -0.2) is 44.1 Å². The van der Waals surface area contributed by atoms with Crippen LogP contribution in [0, 0.1) is 5.92 Å². The van der Waals surface area contributed by atoms with E-state index in [1.54, 1.807) is 23.0 Å². The number of aromatic nitrogens is 5. The van der Waals surface area contributed by atoms with Crippen LogP contribution in [0.3, 0.4) is 0 Å². The minimum Gasteiger partial charge on any atom is -0.459 e. The van der Waals surface area contributed by atoms with Crippen molar-refractivity contribution < 1.29 is 13.7 Å². The first-order valence-corrected chi connectivity index (χ1v) is 8.53. The zero-order valence-corrected chi connectivity index (χ0v) is 14.1. The van der Waals surface area contributed by atoms with E-state index in [0.29, 0.717) is 17.5 Å². The van der Waals surface area contributed by atoms with Crippen molar-refractivity contribution in [1.82, 2.24) is 35.8 Å². The molecular weight excluding hydrogens is 338 g/mol. The van der Waals surface area contributed by atoms with Crippen molar-refractivity contribution >= 4 is 5.91 Å². The predicted molar refractivity (Wildman–Crippen MR) is 88.8 cm³/mol. The number of carbonyl (C=O) groups excluding carboxylic acids is 1. The summed E-state index contributed by atoms with van der Waals surface area (Å²) < 4.78 is 12.0. The lowest BCUT2D eigenvalue weighted by Crippen LogP contribution is -2.32. The summed E-state index contributed by atoms with van der Waals surface area (Å²) in [5, 5.41) is 17.9. The number of nitrogens with zero attached hydrogens (tertiary/aromatic N) is 5. The van der Waals surface area contributed by atoms with Crippen LogP contribution in [0.1, 0.15) is 29.2 Å². The lowest BCUT2D eigenvalue weighted by Gasteiger charge is -2.22. The summed E-state index contributed by atoms with van der Waals surface area (Å²) in [7, 11) is 0. The van der Waals surface area contributed by atoms with Crippen molar-refractivity contribution in [3.05, 3.63) is 36.1 Å². The maximum atomic E-state index is 12.2. The molecule has 0 spiro atoms. The highest BCUT2D eigenvalue weighted by Gasteiger charge is 2.17. The molecule has 4 rings (SSSR count). The first-order chi connectivity index (χ1) is 12.8. The number of piperidine rings is 1. The Morgan fingerprint density at radius 2 is 2.42 bits per heavy atom. The molecule has 1 unspecified atom stereocenters. The van der Waals surface area contributed by atoms with Crippen LogP contribution in [0.15, 0.2) is 33.5 Å². The van der Waals surface area contributed by atoms with E-state index in [9.17, 15) is 4.79 Å². The Labute approximate surface area is 148 Å². The van der Waals surface area contributed by atoms with Crippen LogP contribution >= 0.6 is 0 Å². The molecule has 0 bridgehead atoms. The number of amides is 1. The smallest absolute Gasteiger partial charge is 0.293 e. The Hall–Kier alpha value is -3.01. The van der Waals surface area contributed by atoms with Gasteiger partial charge in [-0.25, -0.2) is 0 Å². The van der Waals surface area contributed by atoms with E-state index in [-0.39, 0.29) is 24.0 Å². The molecule has 1 aliphatic heterocycles. The molecule has 0 radical (unpaired) electrons. The van der Waals surface area contributed by atoms with E-state index in [1.807, 2.05) is 0 Å². The molecule has 136 valence electrons. The third-order valence-electron chi connectivity index (χ3n) is 4.22. The van der Waals surface area contributed by atoms with Gasteiger partial charge in [0.15, 0.2) is 17.3 Å². The van der Waals surface area contributed by atoms with E-state index >= 15 is 0 Å². The van der Waals surface area contributed by atoms with Crippen LogP contribution in [-0.2, 0) is 13.1 Å². The van der Waals surface area contributed by atoms with Gasteiger partial charge in [0, 0.05) is 6.54 Å². The maximum Gasteiger partial charge on any atom is 0.293 e. The second-order valence-electron chi connectivity index (χ2n) is 6.21. The molecule has 10 heteroatoms. The first-order valence-electron chi connectivity index (χ1n) is 8.53. The standard InChI is InChI=1S/C16H19N7O3/c24-15(12-10-23(22-20-12)9-11-3-1-5-17-7-11)18-8-14-19-16(26-21-14)13-4-2-6-25-13/h2,4,6,10-11,17H,1,3,5,7-9H2,(H,18,24). The van der Waals surface area contributed by atoms with Crippen LogP contribution in [0.2, 0.25) is 0 Å². The van der Waals surface area contributed by atoms with Gasteiger partial charge in [0.05, 0.1) is 19.0 Å². The van der Waals surface area contributed by atoms with E-state index in [1.165, 1.54) is 6.26 Å². The topological polar surface area (TPSA) is 124 Å². The molecule has 1 atom stereocenters. The molecule has 2 N–H and O–H groups in total. The Morgan fingerprint density at radius 1 is 1.46 bits per heavy atom. The highest BCUT2D eigenvalue weighted by atomic mass is 16.5. The minimum absolute atomic E-state index is 0.127. The number of carbonyl (C=O) groups is 1. The highest BCUT2D eigenvalue weighted by Crippen LogP contribution is 2.17. The number of hydrogen-bond acceptors (Lipinski definition) is 8. The first kappa shape index (κ1) is 16.5. The molecule has 0 saturated carbocycles. The summed E-state index contributed by atoms with van der Waals surface area (Å²) >= 11 is 0. The summed E-state index contributed by atoms with van der Waals surface area (Å²) in [5.74, 6) is 1.29. The molecule has 3 aromatic rings. The van der Waals surface area contributed by atoms with Crippen molar-refractivity contribution in [3.63, 3.8) is 0 Å². The quantitative estimate of drug-likeness (QED) is 0.665. The maximum absolute atomic E-state index is 12.2. The largest absolute Gasteiger partial charge is 0.459 e. The Kier molecular flexibility index (Phi) is 4.73. The molecule has 3 aromatic heterocycles. The van der Waals surface area contributed by atoms with Gasteiger partial charge < -0.3 is 19.6 Å². The lowest BCUT2D eigenvalue weighted by molar-refractivity contribution is 0.0944. The van der Waals surface area contributed by atoms with E-state index in [0.717, 1.165) is 32.5 Å². The van der Waals surface area contributed by atoms with Gasteiger partial charge in [-0.2, -0.15) is 4.98 Å². The fourth-order valence-corrected chi connectivity index (χ4v) is 2.91. The van der Waals surface area contributed by atoms with E-state index in [4.69, 9.17) is 8.94 Å². The van der Waals surface area contributed by atoms with Gasteiger partial charge in [-0.15, -0.1) is 5.10 Å². The number of hydrogen-bond donors (Lipinski definition) is 2. The normalized spacial score (nSPS) is 17.3. The molecule has 1 fully saturated rings. The van der Waals surface area contributed by atoms with E-state index in [2.05, 4.69) is 31.1 Å². The van der Waals surface area contributed by atoms with Crippen LogP contribution < -0.4 is 10.6 Å². The summed E-state index contributed by atoms with van der Waals surface area (Å²) in [5.41, 5.74) is 0.267. The predicted octanol–water partition coefficient (Wildman–Crippen LogP) is 0.851. The van der Waals surface area contributed by atoms with Crippen molar-refractivity contribution in [3.8, 4) is 11.7 Å². The van der Waals surface area contributed by atoms with Crippen molar-refractivity contribution in [2.75, 3.05) is 13.1 Å². The third kappa shape index (κ3) is 3.80. The monoisotopic (exact) mass is 357 g/mol. The lowest BCUT2D eigenvalue weighted by atomic mass is 10.00. The zero-order chi connectivity index (χ0) is 17.8.